The molecule has 0 saturated heterocycles. The van der Waals surface area contributed by atoms with Gasteiger partial charge in [-0.2, -0.15) is 0 Å². The van der Waals surface area contributed by atoms with E-state index >= 15 is 0 Å². The summed E-state index contributed by atoms with van der Waals surface area (Å²) >= 11 is 0. The molecule has 2 heteroatoms. The Hall–Kier alpha value is -1.83. The standard InChI is InChI=1S/C17H14BF/c1-10(2)7-15-16-8-11(18)3-5-13(16)14-6-4-12(19)9-17(14)15/h3-10H,1-2H3/b15-7+. The van der Waals surface area contributed by atoms with Gasteiger partial charge in [0, 0.05) is 0 Å². The van der Waals surface area contributed by atoms with Crippen molar-refractivity contribution >= 4 is 18.9 Å². The lowest BCUT2D eigenvalue weighted by atomic mass is 9.90. The molecule has 0 bridgehead atoms. The maximum atomic E-state index is 13.5. The van der Waals surface area contributed by atoms with Crippen molar-refractivity contribution < 1.29 is 4.39 Å². The van der Waals surface area contributed by atoms with Gasteiger partial charge in [0.25, 0.3) is 0 Å². The largest absolute Gasteiger partial charge is 0.207 e. The third-order valence-corrected chi connectivity index (χ3v) is 3.40. The van der Waals surface area contributed by atoms with Gasteiger partial charge in [-0.1, -0.05) is 49.7 Å². The molecular weight excluding hydrogens is 234 g/mol. The predicted octanol–water partition coefficient (Wildman–Crippen LogP) is 3.69. The van der Waals surface area contributed by atoms with Gasteiger partial charge in [-0.3, -0.25) is 0 Å². The Balaban J connectivity index is 2.32. The molecule has 1 aliphatic rings. The van der Waals surface area contributed by atoms with E-state index in [0.717, 1.165) is 33.3 Å². The third kappa shape index (κ3) is 2.01. The highest BCUT2D eigenvalue weighted by Crippen LogP contribution is 2.44. The van der Waals surface area contributed by atoms with Gasteiger partial charge in [0.15, 0.2) is 0 Å². The molecule has 92 valence electrons. The number of hydrogen-bond acceptors (Lipinski definition) is 0. The maximum absolute atomic E-state index is 13.5. The van der Waals surface area contributed by atoms with Crippen LogP contribution in [0.25, 0.3) is 16.7 Å². The molecule has 3 rings (SSSR count). The first-order valence-electron chi connectivity index (χ1n) is 6.48. The number of hydrogen-bond donors (Lipinski definition) is 0. The molecule has 0 saturated carbocycles. The van der Waals surface area contributed by atoms with Crippen LogP contribution < -0.4 is 5.46 Å². The molecule has 0 N–H and O–H groups in total. The summed E-state index contributed by atoms with van der Waals surface area (Å²) in [5.41, 5.74) is 6.12. The van der Waals surface area contributed by atoms with E-state index in [2.05, 4.69) is 19.9 Å². The highest BCUT2D eigenvalue weighted by molar-refractivity contribution is 6.32. The fourth-order valence-corrected chi connectivity index (χ4v) is 2.65. The van der Waals surface area contributed by atoms with Gasteiger partial charge in [0.2, 0.25) is 0 Å². The quantitative estimate of drug-likeness (QED) is 0.576. The van der Waals surface area contributed by atoms with Gasteiger partial charge in [-0.25, -0.2) is 4.39 Å². The van der Waals surface area contributed by atoms with Crippen LogP contribution in [-0.2, 0) is 0 Å². The van der Waals surface area contributed by atoms with Crippen molar-refractivity contribution in [2.75, 3.05) is 0 Å². The SMILES string of the molecule is [B]c1ccc2c(c1)/C(=C\C(C)C)c1cc(F)ccc1-2. The lowest BCUT2D eigenvalue weighted by Gasteiger charge is -2.06. The molecule has 0 amide bonds. The summed E-state index contributed by atoms with van der Waals surface area (Å²) in [6.07, 6.45) is 2.17. The average molecular weight is 248 g/mol. The van der Waals surface area contributed by atoms with Gasteiger partial charge < -0.3 is 0 Å². The summed E-state index contributed by atoms with van der Waals surface area (Å²) in [4.78, 5) is 0. The summed E-state index contributed by atoms with van der Waals surface area (Å²) < 4.78 is 13.5. The van der Waals surface area contributed by atoms with Crippen molar-refractivity contribution in [1.82, 2.24) is 0 Å². The summed E-state index contributed by atoms with van der Waals surface area (Å²) in [7, 11) is 5.89. The molecule has 19 heavy (non-hydrogen) atoms. The van der Waals surface area contributed by atoms with Crippen LogP contribution in [0, 0.1) is 11.7 Å². The molecule has 2 aromatic carbocycles. The Morgan fingerprint density at radius 1 is 0.947 bits per heavy atom. The van der Waals surface area contributed by atoms with E-state index in [1.54, 1.807) is 6.07 Å². The van der Waals surface area contributed by atoms with E-state index in [0.29, 0.717) is 5.92 Å². The first-order valence-corrected chi connectivity index (χ1v) is 6.48. The normalized spacial score (nSPS) is 14.8. The molecule has 2 radical (unpaired) electrons. The Morgan fingerprint density at radius 3 is 2.26 bits per heavy atom. The van der Waals surface area contributed by atoms with E-state index < -0.39 is 0 Å². The van der Waals surface area contributed by atoms with E-state index in [1.807, 2.05) is 24.3 Å². The number of fused-ring (bicyclic) bond motifs is 3. The Morgan fingerprint density at radius 2 is 1.58 bits per heavy atom. The molecule has 0 aromatic heterocycles. The van der Waals surface area contributed by atoms with Crippen LogP contribution in [-0.4, -0.2) is 7.85 Å². The van der Waals surface area contributed by atoms with E-state index in [4.69, 9.17) is 7.85 Å². The molecule has 1 aliphatic carbocycles. The van der Waals surface area contributed by atoms with Crippen LogP contribution in [0.3, 0.4) is 0 Å². The molecular formula is C17H14BF. The van der Waals surface area contributed by atoms with E-state index in [9.17, 15) is 4.39 Å². The van der Waals surface area contributed by atoms with Crippen molar-refractivity contribution in [3.63, 3.8) is 0 Å². The van der Waals surface area contributed by atoms with Gasteiger partial charge in [0.05, 0.1) is 0 Å². The number of halogens is 1. The first kappa shape index (κ1) is 12.2. The van der Waals surface area contributed by atoms with Gasteiger partial charge >= 0.3 is 0 Å². The van der Waals surface area contributed by atoms with Crippen molar-refractivity contribution in [3.05, 3.63) is 59.4 Å². The Kier molecular flexibility index (Phi) is 2.81. The van der Waals surface area contributed by atoms with Crippen molar-refractivity contribution in [2.45, 2.75) is 13.8 Å². The fraction of sp³-hybridized carbons (Fsp3) is 0.176. The number of benzene rings is 2. The van der Waals surface area contributed by atoms with Crippen LogP contribution in [0.2, 0.25) is 0 Å². The molecule has 0 unspecified atom stereocenters. The zero-order valence-corrected chi connectivity index (χ0v) is 11.1. The molecule has 0 fully saturated rings. The van der Waals surface area contributed by atoms with Gasteiger partial charge in [-0.05, 0) is 45.9 Å². The highest BCUT2D eigenvalue weighted by atomic mass is 19.1. The second-order valence-corrected chi connectivity index (χ2v) is 5.32. The van der Waals surface area contributed by atoms with E-state index in [1.165, 1.54) is 6.07 Å². The average Bonchev–Trinajstić information content (AvgIpc) is 2.62. The zero-order chi connectivity index (χ0) is 13.6. The lowest BCUT2D eigenvalue weighted by Crippen LogP contribution is -2.02. The first-order chi connectivity index (χ1) is 9.06. The summed E-state index contributed by atoms with van der Waals surface area (Å²) in [6, 6.07) is 10.9. The monoisotopic (exact) mass is 248 g/mol. The van der Waals surface area contributed by atoms with Crippen LogP contribution in [0.4, 0.5) is 4.39 Å². The second kappa shape index (κ2) is 4.38. The van der Waals surface area contributed by atoms with Crippen LogP contribution in [0.15, 0.2) is 42.5 Å². The minimum Gasteiger partial charge on any atom is -0.207 e. The molecule has 0 atom stereocenters. The Bertz CT molecular complexity index is 630. The van der Waals surface area contributed by atoms with Crippen molar-refractivity contribution in [3.8, 4) is 11.1 Å². The molecule has 2 aromatic rings. The van der Waals surface area contributed by atoms with E-state index in [-0.39, 0.29) is 5.82 Å². The van der Waals surface area contributed by atoms with Crippen LogP contribution >= 0.6 is 0 Å². The Labute approximate surface area is 114 Å². The predicted molar refractivity (Wildman–Crippen MR) is 79.1 cm³/mol. The maximum Gasteiger partial charge on any atom is 0.123 e. The summed E-state index contributed by atoms with van der Waals surface area (Å²) in [5, 5.41) is 0. The molecule has 0 heterocycles. The highest BCUT2D eigenvalue weighted by Gasteiger charge is 2.23. The smallest absolute Gasteiger partial charge is 0.123 e. The summed E-state index contributed by atoms with van der Waals surface area (Å²) in [5.74, 6) is 0.202. The van der Waals surface area contributed by atoms with Crippen molar-refractivity contribution in [2.24, 2.45) is 5.92 Å². The lowest BCUT2D eigenvalue weighted by molar-refractivity contribution is 0.627. The topological polar surface area (TPSA) is 0 Å². The molecule has 0 aliphatic heterocycles. The zero-order valence-electron chi connectivity index (χ0n) is 11.1. The minimum atomic E-state index is -0.200. The van der Waals surface area contributed by atoms with Crippen molar-refractivity contribution in [1.29, 1.82) is 0 Å². The number of rotatable bonds is 1. The molecule has 0 nitrogen and oxygen atoms in total. The van der Waals surface area contributed by atoms with Crippen LogP contribution in [0.5, 0.6) is 0 Å². The minimum absolute atomic E-state index is 0.200. The fourth-order valence-electron chi connectivity index (χ4n) is 2.65. The number of allylic oxidation sites excluding steroid dienone is 1. The second-order valence-electron chi connectivity index (χ2n) is 5.32. The van der Waals surface area contributed by atoms with Gasteiger partial charge in [0.1, 0.15) is 13.7 Å². The third-order valence-electron chi connectivity index (χ3n) is 3.40. The van der Waals surface area contributed by atoms with Gasteiger partial charge in [-0.15, -0.1) is 0 Å². The van der Waals surface area contributed by atoms with Crippen LogP contribution in [0.1, 0.15) is 25.0 Å². The molecule has 0 spiro atoms. The summed E-state index contributed by atoms with van der Waals surface area (Å²) in [6.45, 7) is 4.24.